The Morgan fingerprint density at radius 2 is 1.80 bits per heavy atom. The van der Waals surface area contributed by atoms with E-state index in [0.717, 1.165) is 68.6 Å². The molecule has 0 aromatic heterocycles. The molecule has 2 aliphatic rings. The van der Waals surface area contributed by atoms with Crippen LogP contribution in [0.4, 0.5) is 24.5 Å². The average molecular weight is 436 g/mol. The van der Waals surface area contributed by atoms with Gasteiger partial charge < -0.3 is 4.90 Å². The number of hydrogen-bond donors (Lipinski definition) is 0. The number of aryl methyl sites for hydroxylation is 1. The van der Waals surface area contributed by atoms with Gasteiger partial charge in [0, 0.05) is 31.9 Å². The Bertz CT molecular complexity index is 953. The molecular weight excluding hydrogens is 411 g/mol. The van der Waals surface area contributed by atoms with Gasteiger partial charge in [-0.25, -0.2) is 9.20 Å². The van der Waals surface area contributed by atoms with Crippen LogP contribution in [-0.2, 0) is 23.4 Å². The molecule has 0 amide bonds. The minimum atomic E-state index is -4.31. The highest BCUT2D eigenvalue weighted by Gasteiger charge is 2.31. The molecule has 0 radical (unpaired) electrons. The van der Waals surface area contributed by atoms with Gasteiger partial charge in [-0.05, 0) is 61.7 Å². The fraction of sp³-hybridized carbons (Fsp3) is 0.409. The summed E-state index contributed by atoms with van der Waals surface area (Å²) in [5.41, 5.74) is 3.51. The van der Waals surface area contributed by atoms with E-state index in [2.05, 4.69) is 9.89 Å². The number of alkyl halides is 3. The number of benzene rings is 2. The zero-order chi connectivity index (χ0) is 21.1. The molecular formula is C22H24F3N3OS. The Morgan fingerprint density at radius 1 is 1.00 bits per heavy atom. The fourth-order valence-electron chi connectivity index (χ4n) is 3.92. The van der Waals surface area contributed by atoms with Crippen molar-refractivity contribution < 1.29 is 17.4 Å². The minimum absolute atomic E-state index is 0.593. The molecule has 0 bridgehead atoms. The first kappa shape index (κ1) is 21.1. The van der Waals surface area contributed by atoms with Gasteiger partial charge in [-0.1, -0.05) is 12.1 Å². The second-order valence-electron chi connectivity index (χ2n) is 7.67. The molecule has 4 rings (SSSR count). The van der Waals surface area contributed by atoms with Crippen molar-refractivity contribution in [1.29, 1.82) is 0 Å². The van der Waals surface area contributed by atoms with Gasteiger partial charge >= 0.3 is 6.18 Å². The summed E-state index contributed by atoms with van der Waals surface area (Å²) in [5.74, 6) is 0. The second-order valence-corrected chi connectivity index (χ2v) is 8.91. The van der Waals surface area contributed by atoms with Crippen LogP contribution < -0.4 is 4.90 Å². The maximum Gasteiger partial charge on any atom is 0.416 e. The molecule has 1 saturated heterocycles. The van der Waals surface area contributed by atoms with Crippen molar-refractivity contribution in [2.24, 2.45) is 4.99 Å². The quantitative estimate of drug-likeness (QED) is 0.621. The summed E-state index contributed by atoms with van der Waals surface area (Å²) >= 11 is 0. The van der Waals surface area contributed by atoms with E-state index in [4.69, 9.17) is 0 Å². The van der Waals surface area contributed by atoms with Gasteiger partial charge in [0.1, 0.15) is 0 Å². The molecule has 2 heterocycles. The molecule has 4 nitrogen and oxygen atoms in total. The topological polar surface area (TPSA) is 35.9 Å². The highest BCUT2D eigenvalue weighted by molar-refractivity contribution is 7.99. The van der Waals surface area contributed by atoms with Crippen molar-refractivity contribution >= 4 is 27.7 Å². The van der Waals surface area contributed by atoms with Crippen LogP contribution in [0.3, 0.4) is 0 Å². The number of fused-ring (bicyclic) bond motifs is 1. The van der Waals surface area contributed by atoms with Gasteiger partial charge in [-0.2, -0.15) is 13.2 Å². The predicted octanol–water partition coefficient (Wildman–Crippen LogP) is 4.63. The maximum absolute atomic E-state index is 12.9. The maximum atomic E-state index is 12.9. The normalized spacial score (nSPS) is 19.3. The highest BCUT2D eigenvalue weighted by atomic mass is 32.2. The SMILES string of the molecule is O=S1C=Nc2ccc(CCCCN3CCN(c4cccc(C(F)(F)F)c4)CC3)cc21. The van der Waals surface area contributed by atoms with Crippen LogP contribution in [0.15, 0.2) is 52.4 Å². The van der Waals surface area contributed by atoms with Crippen molar-refractivity contribution in [3.63, 3.8) is 0 Å². The summed E-state index contributed by atoms with van der Waals surface area (Å²) in [6.07, 6.45) is -1.27. The van der Waals surface area contributed by atoms with E-state index in [1.807, 2.05) is 23.1 Å². The standard InChI is InChI=1S/C22H24F3N3OS/c23-22(24,25)18-5-3-6-19(15-18)28-12-10-27(11-13-28)9-2-1-4-17-7-8-20-21(14-17)30(29)16-26-20/h3,5-8,14-16H,1-2,4,9-13H2. The first-order valence-electron chi connectivity index (χ1n) is 10.1. The van der Waals surface area contributed by atoms with E-state index in [-0.39, 0.29) is 0 Å². The number of rotatable bonds is 6. The molecule has 1 fully saturated rings. The van der Waals surface area contributed by atoms with Crippen LogP contribution in [0.5, 0.6) is 0 Å². The molecule has 2 aromatic rings. The molecule has 160 valence electrons. The predicted molar refractivity (Wildman–Crippen MR) is 114 cm³/mol. The zero-order valence-electron chi connectivity index (χ0n) is 16.6. The molecule has 0 saturated carbocycles. The monoisotopic (exact) mass is 435 g/mol. The van der Waals surface area contributed by atoms with Gasteiger partial charge in [0.15, 0.2) is 0 Å². The number of unbranched alkanes of at least 4 members (excludes halogenated alkanes) is 1. The van der Waals surface area contributed by atoms with Crippen LogP contribution >= 0.6 is 0 Å². The van der Waals surface area contributed by atoms with Gasteiger partial charge in [-0.15, -0.1) is 0 Å². The largest absolute Gasteiger partial charge is 0.416 e. The van der Waals surface area contributed by atoms with Crippen LogP contribution in [0.2, 0.25) is 0 Å². The third-order valence-electron chi connectivity index (χ3n) is 5.63. The summed E-state index contributed by atoms with van der Waals surface area (Å²) in [6.45, 7) is 4.16. The van der Waals surface area contributed by atoms with E-state index in [0.29, 0.717) is 5.69 Å². The first-order valence-corrected chi connectivity index (χ1v) is 11.3. The lowest BCUT2D eigenvalue weighted by Crippen LogP contribution is -2.46. The summed E-state index contributed by atoms with van der Waals surface area (Å²) in [7, 11) is -1.11. The van der Waals surface area contributed by atoms with Crippen LogP contribution in [0, 0.1) is 0 Å². The van der Waals surface area contributed by atoms with Gasteiger partial charge in [0.2, 0.25) is 0 Å². The molecule has 0 N–H and O–H groups in total. The summed E-state index contributed by atoms with van der Waals surface area (Å²) in [4.78, 5) is 9.33. The lowest BCUT2D eigenvalue weighted by molar-refractivity contribution is -0.137. The van der Waals surface area contributed by atoms with E-state index in [1.165, 1.54) is 23.2 Å². The molecule has 0 spiro atoms. The van der Waals surface area contributed by atoms with E-state index in [9.17, 15) is 17.4 Å². The van der Waals surface area contributed by atoms with Crippen LogP contribution in [-0.4, -0.2) is 47.4 Å². The van der Waals surface area contributed by atoms with Crippen LogP contribution in [0.25, 0.3) is 0 Å². The highest BCUT2D eigenvalue weighted by Crippen LogP contribution is 2.32. The molecule has 1 unspecified atom stereocenters. The Labute approximate surface area is 176 Å². The number of anilines is 1. The van der Waals surface area contributed by atoms with Gasteiger partial charge in [0.25, 0.3) is 0 Å². The zero-order valence-corrected chi connectivity index (χ0v) is 17.4. The van der Waals surface area contributed by atoms with E-state index < -0.39 is 22.5 Å². The molecule has 8 heteroatoms. The molecule has 1 atom stereocenters. The van der Waals surface area contributed by atoms with E-state index in [1.54, 1.807) is 6.07 Å². The second kappa shape index (κ2) is 8.89. The summed E-state index contributed by atoms with van der Waals surface area (Å²) in [6, 6.07) is 11.6. The van der Waals surface area contributed by atoms with Crippen molar-refractivity contribution in [3.8, 4) is 0 Å². The molecule has 30 heavy (non-hydrogen) atoms. The Morgan fingerprint density at radius 3 is 2.57 bits per heavy atom. The number of nitrogens with zero attached hydrogens (tertiary/aromatic N) is 3. The Balaban J connectivity index is 1.21. The molecule has 0 aliphatic carbocycles. The van der Waals surface area contributed by atoms with Crippen molar-refractivity contribution in [1.82, 2.24) is 4.90 Å². The Hall–Kier alpha value is -2.19. The molecule has 2 aliphatic heterocycles. The van der Waals surface area contributed by atoms with Crippen molar-refractivity contribution in [3.05, 3.63) is 53.6 Å². The molecule has 2 aromatic carbocycles. The fourth-order valence-corrected chi connectivity index (χ4v) is 4.83. The minimum Gasteiger partial charge on any atom is -0.369 e. The Kier molecular flexibility index (Phi) is 6.24. The number of piperazine rings is 1. The average Bonchev–Trinajstić information content (AvgIpc) is 3.11. The number of aliphatic imine (C=N–C) groups is 1. The summed E-state index contributed by atoms with van der Waals surface area (Å²) < 4.78 is 50.6. The summed E-state index contributed by atoms with van der Waals surface area (Å²) in [5, 5.41) is 0. The smallest absolute Gasteiger partial charge is 0.369 e. The van der Waals surface area contributed by atoms with Gasteiger partial charge in [0.05, 0.1) is 32.5 Å². The third-order valence-corrected chi connectivity index (χ3v) is 6.69. The lowest BCUT2D eigenvalue weighted by Gasteiger charge is -2.36. The van der Waals surface area contributed by atoms with E-state index >= 15 is 0 Å². The van der Waals surface area contributed by atoms with Crippen LogP contribution in [0.1, 0.15) is 24.0 Å². The number of hydrogen-bond acceptors (Lipinski definition) is 4. The number of halogens is 3. The van der Waals surface area contributed by atoms with Crippen molar-refractivity contribution in [2.75, 3.05) is 37.6 Å². The van der Waals surface area contributed by atoms with Crippen molar-refractivity contribution in [2.45, 2.75) is 30.3 Å². The lowest BCUT2D eigenvalue weighted by atomic mass is 10.1. The first-order chi connectivity index (χ1) is 14.4. The van der Waals surface area contributed by atoms with Gasteiger partial charge in [-0.3, -0.25) is 4.90 Å². The third kappa shape index (κ3) is 4.92.